The molecule has 0 amide bonds. The lowest BCUT2D eigenvalue weighted by atomic mass is 10.1. The summed E-state index contributed by atoms with van der Waals surface area (Å²) >= 11 is 0. The van der Waals surface area contributed by atoms with Crippen molar-refractivity contribution >= 4 is 0 Å². The van der Waals surface area contributed by atoms with Crippen molar-refractivity contribution in [1.29, 1.82) is 0 Å². The molecule has 2 rings (SSSR count). The fourth-order valence-corrected chi connectivity index (χ4v) is 2.25. The molecule has 0 saturated carbocycles. The summed E-state index contributed by atoms with van der Waals surface area (Å²) in [5.74, 6) is 0. The highest BCUT2D eigenvalue weighted by molar-refractivity contribution is 5.10. The Morgan fingerprint density at radius 3 is 2.95 bits per heavy atom. The molecule has 1 atom stereocenters. The number of hydrogen-bond donors (Lipinski definition) is 1. The van der Waals surface area contributed by atoms with E-state index in [4.69, 9.17) is 9.47 Å². The van der Waals surface area contributed by atoms with E-state index in [1.54, 1.807) is 0 Å². The fourth-order valence-electron chi connectivity index (χ4n) is 2.25. The van der Waals surface area contributed by atoms with Crippen molar-refractivity contribution in [1.82, 2.24) is 10.3 Å². The van der Waals surface area contributed by atoms with Gasteiger partial charge in [-0.3, -0.25) is 4.98 Å². The van der Waals surface area contributed by atoms with Crippen LogP contribution < -0.4 is 5.32 Å². The van der Waals surface area contributed by atoms with E-state index in [2.05, 4.69) is 24.1 Å². The molecule has 0 aromatic carbocycles. The molecule has 4 heteroatoms. The third kappa shape index (κ3) is 5.57. The zero-order valence-corrected chi connectivity index (χ0v) is 12.6. The van der Waals surface area contributed by atoms with Gasteiger partial charge in [-0.1, -0.05) is 19.9 Å². The quantitative estimate of drug-likeness (QED) is 0.833. The van der Waals surface area contributed by atoms with E-state index in [1.165, 1.54) is 12.8 Å². The molecule has 1 unspecified atom stereocenters. The van der Waals surface area contributed by atoms with Gasteiger partial charge in [0.1, 0.15) is 0 Å². The zero-order valence-electron chi connectivity index (χ0n) is 12.6. The molecule has 0 aliphatic carbocycles. The van der Waals surface area contributed by atoms with Gasteiger partial charge in [-0.05, 0) is 31.4 Å². The topological polar surface area (TPSA) is 43.4 Å². The number of nitrogens with zero attached hydrogens (tertiary/aromatic N) is 1. The summed E-state index contributed by atoms with van der Waals surface area (Å²) in [6, 6.07) is 6.57. The number of pyridine rings is 1. The Morgan fingerprint density at radius 1 is 1.35 bits per heavy atom. The van der Waals surface area contributed by atoms with Crippen LogP contribution in [0.1, 0.15) is 44.5 Å². The van der Waals surface area contributed by atoms with Crippen molar-refractivity contribution in [2.45, 2.75) is 58.4 Å². The van der Waals surface area contributed by atoms with Gasteiger partial charge in [0.25, 0.3) is 0 Å². The highest BCUT2D eigenvalue weighted by atomic mass is 16.5. The molecule has 112 valence electrons. The van der Waals surface area contributed by atoms with Gasteiger partial charge in [-0.2, -0.15) is 0 Å². The van der Waals surface area contributed by atoms with E-state index >= 15 is 0 Å². The summed E-state index contributed by atoms with van der Waals surface area (Å²) in [6.45, 7) is 7.19. The Labute approximate surface area is 121 Å². The average molecular weight is 278 g/mol. The third-order valence-corrected chi connectivity index (χ3v) is 3.38. The lowest BCUT2D eigenvalue weighted by Gasteiger charge is -2.22. The summed E-state index contributed by atoms with van der Waals surface area (Å²) in [5.41, 5.74) is 2.05. The second-order valence-electron chi connectivity index (χ2n) is 5.66. The zero-order chi connectivity index (χ0) is 14.2. The van der Waals surface area contributed by atoms with Gasteiger partial charge in [-0.25, -0.2) is 0 Å². The van der Waals surface area contributed by atoms with E-state index in [1.807, 2.05) is 18.2 Å². The summed E-state index contributed by atoms with van der Waals surface area (Å²) in [5, 5.41) is 3.37. The highest BCUT2D eigenvalue weighted by Gasteiger charge is 2.13. The molecule has 4 nitrogen and oxygen atoms in total. The summed E-state index contributed by atoms with van der Waals surface area (Å²) in [6.07, 6.45) is 3.83. The van der Waals surface area contributed by atoms with Crippen LogP contribution in [-0.4, -0.2) is 30.3 Å². The van der Waals surface area contributed by atoms with Gasteiger partial charge in [0.05, 0.1) is 30.7 Å². The molecule has 1 aliphatic rings. The van der Waals surface area contributed by atoms with E-state index < -0.39 is 0 Å². The minimum absolute atomic E-state index is 0.273. The molecular formula is C16H26N2O2. The SMILES string of the molecule is CC(C)NCc1cccc(COCC2CCCCO2)n1. The van der Waals surface area contributed by atoms with Crippen molar-refractivity contribution in [2.75, 3.05) is 13.2 Å². The number of nitrogens with one attached hydrogen (secondary N) is 1. The van der Waals surface area contributed by atoms with E-state index in [9.17, 15) is 0 Å². The average Bonchev–Trinajstić information content (AvgIpc) is 2.47. The summed E-state index contributed by atoms with van der Waals surface area (Å²) < 4.78 is 11.4. The number of aromatic nitrogens is 1. The van der Waals surface area contributed by atoms with Gasteiger partial charge in [0, 0.05) is 19.2 Å². The maximum Gasteiger partial charge on any atom is 0.0889 e. The van der Waals surface area contributed by atoms with Crippen LogP contribution in [0.15, 0.2) is 18.2 Å². The molecule has 1 aromatic rings. The second-order valence-corrected chi connectivity index (χ2v) is 5.66. The summed E-state index contributed by atoms with van der Waals surface area (Å²) in [7, 11) is 0. The molecule has 20 heavy (non-hydrogen) atoms. The predicted molar refractivity (Wildman–Crippen MR) is 79.5 cm³/mol. The van der Waals surface area contributed by atoms with Crippen molar-refractivity contribution in [3.05, 3.63) is 29.6 Å². The Balaban J connectivity index is 1.73. The molecule has 0 radical (unpaired) electrons. The minimum Gasteiger partial charge on any atom is -0.376 e. The van der Waals surface area contributed by atoms with Crippen LogP contribution in [-0.2, 0) is 22.6 Å². The molecule has 1 saturated heterocycles. The van der Waals surface area contributed by atoms with Gasteiger partial charge in [0.2, 0.25) is 0 Å². The number of rotatable bonds is 7. The molecule has 2 heterocycles. The van der Waals surface area contributed by atoms with Crippen molar-refractivity contribution in [2.24, 2.45) is 0 Å². The van der Waals surface area contributed by atoms with E-state index in [-0.39, 0.29) is 6.10 Å². The van der Waals surface area contributed by atoms with Crippen LogP contribution in [0.4, 0.5) is 0 Å². The number of ether oxygens (including phenoxy) is 2. The van der Waals surface area contributed by atoms with Crippen LogP contribution in [0, 0.1) is 0 Å². The van der Waals surface area contributed by atoms with Crippen molar-refractivity contribution < 1.29 is 9.47 Å². The van der Waals surface area contributed by atoms with Gasteiger partial charge in [-0.15, -0.1) is 0 Å². The largest absolute Gasteiger partial charge is 0.376 e. The maximum absolute atomic E-state index is 5.73. The first kappa shape index (κ1) is 15.4. The molecule has 1 aliphatic heterocycles. The normalized spacial score (nSPS) is 19.4. The minimum atomic E-state index is 0.273. The Hall–Kier alpha value is -0.970. The monoisotopic (exact) mass is 278 g/mol. The lowest BCUT2D eigenvalue weighted by molar-refractivity contribution is -0.0452. The lowest BCUT2D eigenvalue weighted by Crippen LogP contribution is -2.24. The van der Waals surface area contributed by atoms with Gasteiger partial charge in [0.15, 0.2) is 0 Å². The molecule has 0 spiro atoms. The van der Waals surface area contributed by atoms with Crippen LogP contribution in [0.5, 0.6) is 0 Å². The van der Waals surface area contributed by atoms with Crippen LogP contribution in [0.2, 0.25) is 0 Å². The Bertz CT molecular complexity index is 390. The maximum atomic E-state index is 5.73. The first-order valence-corrected chi connectivity index (χ1v) is 7.61. The summed E-state index contributed by atoms with van der Waals surface area (Å²) in [4.78, 5) is 4.60. The third-order valence-electron chi connectivity index (χ3n) is 3.38. The van der Waals surface area contributed by atoms with Crippen LogP contribution in [0.25, 0.3) is 0 Å². The second kappa shape index (κ2) is 8.35. The predicted octanol–water partition coefficient (Wildman–Crippen LogP) is 2.67. The van der Waals surface area contributed by atoms with Crippen molar-refractivity contribution in [3.8, 4) is 0 Å². The number of hydrogen-bond acceptors (Lipinski definition) is 4. The first-order valence-electron chi connectivity index (χ1n) is 7.61. The molecule has 1 aromatic heterocycles. The van der Waals surface area contributed by atoms with Gasteiger partial charge >= 0.3 is 0 Å². The van der Waals surface area contributed by atoms with E-state index in [0.29, 0.717) is 19.3 Å². The standard InChI is InChI=1S/C16H26N2O2/c1-13(2)17-10-14-6-5-7-15(18-14)11-19-12-16-8-3-4-9-20-16/h5-7,13,16-17H,3-4,8-12H2,1-2H3. The Kier molecular flexibility index (Phi) is 6.43. The van der Waals surface area contributed by atoms with Gasteiger partial charge < -0.3 is 14.8 Å². The van der Waals surface area contributed by atoms with Crippen LogP contribution in [0.3, 0.4) is 0 Å². The molecule has 0 bridgehead atoms. The molecule has 1 N–H and O–H groups in total. The highest BCUT2D eigenvalue weighted by Crippen LogP contribution is 2.13. The fraction of sp³-hybridized carbons (Fsp3) is 0.688. The van der Waals surface area contributed by atoms with E-state index in [0.717, 1.165) is 31.0 Å². The van der Waals surface area contributed by atoms with Crippen molar-refractivity contribution in [3.63, 3.8) is 0 Å². The smallest absolute Gasteiger partial charge is 0.0889 e. The van der Waals surface area contributed by atoms with Crippen LogP contribution >= 0.6 is 0 Å². The first-order chi connectivity index (χ1) is 9.74. The molecule has 1 fully saturated rings. The Morgan fingerprint density at radius 2 is 2.20 bits per heavy atom. The molecular weight excluding hydrogens is 252 g/mol.